The Bertz CT molecular complexity index is 602. The predicted molar refractivity (Wildman–Crippen MR) is 69.3 cm³/mol. The van der Waals surface area contributed by atoms with Crippen LogP contribution in [0, 0.1) is 0 Å². The van der Waals surface area contributed by atoms with Gasteiger partial charge in [0.15, 0.2) is 5.69 Å². The average molecular weight is 277 g/mol. The molecule has 2 aromatic rings. The summed E-state index contributed by atoms with van der Waals surface area (Å²) >= 11 is 1.32. The van der Waals surface area contributed by atoms with E-state index in [0.29, 0.717) is 4.88 Å². The normalized spacial score (nSPS) is 14.1. The van der Waals surface area contributed by atoms with Crippen molar-refractivity contribution >= 4 is 29.2 Å². The first-order valence-corrected chi connectivity index (χ1v) is 6.71. The Kier molecular flexibility index (Phi) is 3.04. The highest BCUT2D eigenvalue weighted by Crippen LogP contribution is 2.19. The number of oxazole rings is 1. The summed E-state index contributed by atoms with van der Waals surface area (Å²) in [4.78, 5) is 27.9. The summed E-state index contributed by atoms with van der Waals surface area (Å²) in [6.45, 7) is 0. The van der Waals surface area contributed by atoms with E-state index in [2.05, 4.69) is 15.6 Å². The van der Waals surface area contributed by atoms with E-state index in [1.165, 1.54) is 17.6 Å². The largest absolute Gasteiger partial charge is 0.431 e. The van der Waals surface area contributed by atoms with E-state index in [-0.39, 0.29) is 29.6 Å². The summed E-state index contributed by atoms with van der Waals surface area (Å²) in [7, 11) is 0. The SMILES string of the molecule is O=C(NC1CC1)c1coc(NC(=O)c2cccs2)n1. The number of nitrogens with one attached hydrogen (secondary N) is 2. The molecule has 7 heteroatoms. The van der Waals surface area contributed by atoms with Crippen LogP contribution in [0.25, 0.3) is 0 Å². The van der Waals surface area contributed by atoms with E-state index < -0.39 is 0 Å². The van der Waals surface area contributed by atoms with Gasteiger partial charge in [-0.1, -0.05) is 6.07 Å². The molecule has 2 amide bonds. The van der Waals surface area contributed by atoms with Crippen molar-refractivity contribution in [2.45, 2.75) is 18.9 Å². The van der Waals surface area contributed by atoms with Crippen LogP contribution in [-0.4, -0.2) is 22.8 Å². The molecule has 0 atom stereocenters. The minimum Gasteiger partial charge on any atom is -0.431 e. The van der Waals surface area contributed by atoms with Crippen molar-refractivity contribution in [1.29, 1.82) is 0 Å². The van der Waals surface area contributed by atoms with Crippen LogP contribution in [0.3, 0.4) is 0 Å². The molecule has 1 fully saturated rings. The van der Waals surface area contributed by atoms with Crippen molar-refractivity contribution in [1.82, 2.24) is 10.3 Å². The number of nitrogens with zero attached hydrogens (tertiary/aromatic N) is 1. The number of rotatable bonds is 4. The van der Waals surface area contributed by atoms with Gasteiger partial charge in [0, 0.05) is 6.04 Å². The van der Waals surface area contributed by atoms with Crippen LogP contribution in [0.15, 0.2) is 28.2 Å². The molecule has 1 aliphatic rings. The van der Waals surface area contributed by atoms with Crippen molar-refractivity contribution in [2.75, 3.05) is 5.32 Å². The number of thiophene rings is 1. The van der Waals surface area contributed by atoms with Gasteiger partial charge < -0.3 is 9.73 Å². The van der Waals surface area contributed by atoms with Crippen LogP contribution in [-0.2, 0) is 0 Å². The van der Waals surface area contributed by atoms with Gasteiger partial charge in [-0.25, -0.2) is 0 Å². The van der Waals surface area contributed by atoms with Gasteiger partial charge in [0.1, 0.15) is 6.26 Å². The molecule has 0 aromatic carbocycles. The third kappa shape index (κ3) is 2.82. The fourth-order valence-electron chi connectivity index (χ4n) is 1.49. The number of anilines is 1. The Labute approximate surface area is 112 Å². The van der Waals surface area contributed by atoms with Gasteiger partial charge >= 0.3 is 6.01 Å². The standard InChI is InChI=1S/C12H11N3O3S/c16-10(13-7-3-4-7)8-6-18-12(14-8)15-11(17)9-2-1-5-19-9/h1-2,5-7H,3-4H2,(H,13,16)(H,14,15,17). The summed E-state index contributed by atoms with van der Waals surface area (Å²) in [5.74, 6) is -0.575. The first-order chi connectivity index (χ1) is 9.22. The minimum atomic E-state index is -0.300. The summed E-state index contributed by atoms with van der Waals surface area (Å²) in [5, 5.41) is 7.10. The van der Waals surface area contributed by atoms with Gasteiger partial charge in [-0.05, 0) is 24.3 Å². The predicted octanol–water partition coefficient (Wildman–Crippen LogP) is 1.88. The molecular formula is C12H11N3O3S. The zero-order valence-corrected chi connectivity index (χ0v) is 10.7. The summed E-state index contributed by atoms with van der Waals surface area (Å²) in [5.41, 5.74) is 0.174. The maximum absolute atomic E-state index is 11.7. The van der Waals surface area contributed by atoms with Crippen molar-refractivity contribution < 1.29 is 14.0 Å². The Morgan fingerprint density at radius 2 is 2.21 bits per heavy atom. The van der Waals surface area contributed by atoms with Crippen molar-refractivity contribution in [2.24, 2.45) is 0 Å². The molecule has 0 radical (unpaired) electrons. The summed E-state index contributed by atoms with van der Waals surface area (Å²) < 4.78 is 5.06. The Balaban J connectivity index is 1.64. The van der Waals surface area contributed by atoms with Gasteiger partial charge in [0.25, 0.3) is 11.8 Å². The lowest BCUT2D eigenvalue weighted by atomic mass is 10.4. The molecule has 0 aliphatic heterocycles. The van der Waals surface area contributed by atoms with E-state index in [1.54, 1.807) is 17.5 Å². The molecule has 1 aliphatic carbocycles. The minimum absolute atomic E-state index is 0.0272. The number of hydrogen-bond acceptors (Lipinski definition) is 5. The number of aromatic nitrogens is 1. The quantitative estimate of drug-likeness (QED) is 0.893. The first kappa shape index (κ1) is 11.9. The van der Waals surface area contributed by atoms with E-state index in [9.17, 15) is 9.59 Å². The van der Waals surface area contributed by atoms with Crippen LogP contribution in [0.1, 0.15) is 33.0 Å². The Hall–Kier alpha value is -2.15. The molecule has 3 rings (SSSR count). The number of hydrogen-bond donors (Lipinski definition) is 2. The van der Waals surface area contributed by atoms with E-state index >= 15 is 0 Å². The molecule has 0 saturated heterocycles. The van der Waals surface area contributed by atoms with Crippen LogP contribution >= 0.6 is 11.3 Å². The monoisotopic (exact) mass is 277 g/mol. The molecule has 98 valence electrons. The van der Waals surface area contributed by atoms with Crippen LogP contribution < -0.4 is 10.6 Å². The highest BCUT2D eigenvalue weighted by atomic mass is 32.1. The highest BCUT2D eigenvalue weighted by molar-refractivity contribution is 7.12. The van der Waals surface area contributed by atoms with E-state index in [0.717, 1.165) is 12.8 Å². The van der Waals surface area contributed by atoms with Crippen LogP contribution in [0.4, 0.5) is 6.01 Å². The highest BCUT2D eigenvalue weighted by Gasteiger charge is 2.25. The number of carbonyl (C=O) groups excluding carboxylic acids is 2. The van der Waals surface area contributed by atoms with Gasteiger partial charge in [-0.3, -0.25) is 14.9 Å². The topological polar surface area (TPSA) is 84.2 Å². The van der Waals surface area contributed by atoms with Crippen molar-refractivity contribution in [3.05, 3.63) is 34.3 Å². The van der Waals surface area contributed by atoms with Crippen LogP contribution in [0.5, 0.6) is 0 Å². The molecule has 6 nitrogen and oxygen atoms in total. The molecule has 0 spiro atoms. The molecule has 0 bridgehead atoms. The zero-order valence-electron chi connectivity index (χ0n) is 9.88. The number of carbonyl (C=O) groups is 2. The second-order valence-electron chi connectivity index (χ2n) is 4.22. The molecule has 19 heavy (non-hydrogen) atoms. The molecular weight excluding hydrogens is 266 g/mol. The third-order valence-corrected chi connectivity index (χ3v) is 3.48. The first-order valence-electron chi connectivity index (χ1n) is 5.83. The maximum Gasteiger partial charge on any atom is 0.302 e. The maximum atomic E-state index is 11.7. The van der Waals surface area contributed by atoms with Crippen molar-refractivity contribution in [3.8, 4) is 0 Å². The lowest BCUT2D eigenvalue weighted by molar-refractivity contribution is 0.0945. The second-order valence-corrected chi connectivity index (χ2v) is 5.16. The van der Waals surface area contributed by atoms with Crippen LogP contribution in [0.2, 0.25) is 0 Å². The van der Waals surface area contributed by atoms with E-state index in [4.69, 9.17) is 4.42 Å². The summed E-state index contributed by atoms with van der Waals surface area (Å²) in [6.07, 6.45) is 3.25. The molecule has 2 aromatic heterocycles. The lowest BCUT2D eigenvalue weighted by Gasteiger charge is -1.98. The molecule has 2 N–H and O–H groups in total. The van der Waals surface area contributed by atoms with E-state index in [1.807, 2.05) is 0 Å². The van der Waals surface area contributed by atoms with Gasteiger partial charge in [-0.15, -0.1) is 11.3 Å². The van der Waals surface area contributed by atoms with Crippen molar-refractivity contribution in [3.63, 3.8) is 0 Å². The lowest BCUT2D eigenvalue weighted by Crippen LogP contribution is -2.25. The molecule has 2 heterocycles. The summed E-state index contributed by atoms with van der Waals surface area (Å²) in [6, 6.07) is 3.76. The second kappa shape index (κ2) is 4.85. The Morgan fingerprint density at radius 1 is 1.37 bits per heavy atom. The Morgan fingerprint density at radius 3 is 2.89 bits per heavy atom. The molecule has 1 saturated carbocycles. The average Bonchev–Trinajstić information content (AvgIpc) is 2.91. The smallest absolute Gasteiger partial charge is 0.302 e. The zero-order chi connectivity index (χ0) is 13.2. The fraction of sp³-hybridized carbons (Fsp3) is 0.250. The molecule has 0 unspecified atom stereocenters. The third-order valence-electron chi connectivity index (χ3n) is 2.61. The van der Waals surface area contributed by atoms with Gasteiger partial charge in [0.2, 0.25) is 0 Å². The fourth-order valence-corrected chi connectivity index (χ4v) is 2.11. The number of amides is 2. The van der Waals surface area contributed by atoms with Gasteiger partial charge in [-0.2, -0.15) is 4.98 Å². The van der Waals surface area contributed by atoms with Gasteiger partial charge in [0.05, 0.1) is 4.88 Å².